The standard InChI is InChI=1S/C10H11N3O3S/c1-7-10(11)6-13(12-7)8-2-4-9(5-3-8)17(14,15)16/h2-6H,11H2,1H3,(H,14,15,16). The Bertz CT molecular complexity index is 624. The molecule has 17 heavy (non-hydrogen) atoms. The van der Waals surface area contributed by atoms with Gasteiger partial charge < -0.3 is 5.73 Å². The van der Waals surface area contributed by atoms with Crippen LogP contribution in [0.5, 0.6) is 0 Å². The molecular weight excluding hydrogens is 242 g/mol. The number of aromatic nitrogens is 2. The Morgan fingerprint density at radius 1 is 1.29 bits per heavy atom. The SMILES string of the molecule is Cc1nn(-c2ccc(S(=O)(=O)O)cc2)cc1N. The minimum absolute atomic E-state index is 0.155. The third kappa shape index (κ3) is 2.29. The molecule has 0 aliphatic carbocycles. The van der Waals surface area contributed by atoms with Gasteiger partial charge in [-0.3, -0.25) is 4.55 Å². The van der Waals surface area contributed by atoms with Crippen LogP contribution in [-0.2, 0) is 10.1 Å². The van der Waals surface area contributed by atoms with Gasteiger partial charge in [0.1, 0.15) is 0 Å². The molecule has 7 heteroatoms. The molecule has 0 spiro atoms. The average molecular weight is 253 g/mol. The zero-order valence-electron chi connectivity index (χ0n) is 9.03. The zero-order valence-corrected chi connectivity index (χ0v) is 9.85. The lowest BCUT2D eigenvalue weighted by Gasteiger charge is -2.01. The van der Waals surface area contributed by atoms with Crippen molar-refractivity contribution >= 4 is 15.8 Å². The van der Waals surface area contributed by atoms with Crippen LogP contribution < -0.4 is 5.73 Å². The largest absolute Gasteiger partial charge is 0.396 e. The molecule has 0 atom stereocenters. The summed E-state index contributed by atoms with van der Waals surface area (Å²) in [5.41, 5.74) is 7.58. The van der Waals surface area contributed by atoms with Crippen molar-refractivity contribution in [1.82, 2.24) is 9.78 Å². The molecular formula is C10H11N3O3S. The highest BCUT2D eigenvalue weighted by Crippen LogP contribution is 2.15. The predicted octanol–water partition coefficient (Wildman–Crippen LogP) is 1.01. The molecule has 0 bridgehead atoms. The van der Waals surface area contributed by atoms with Gasteiger partial charge in [-0.05, 0) is 31.2 Å². The van der Waals surface area contributed by atoms with Crippen LogP contribution in [-0.4, -0.2) is 22.8 Å². The first kappa shape index (κ1) is 11.6. The van der Waals surface area contributed by atoms with Gasteiger partial charge in [-0.15, -0.1) is 0 Å². The highest BCUT2D eigenvalue weighted by Gasteiger charge is 2.09. The van der Waals surface area contributed by atoms with Crippen molar-refractivity contribution in [3.05, 3.63) is 36.2 Å². The summed E-state index contributed by atoms with van der Waals surface area (Å²) in [7, 11) is -4.16. The van der Waals surface area contributed by atoms with E-state index < -0.39 is 10.1 Å². The maximum Gasteiger partial charge on any atom is 0.294 e. The number of rotatable bonds is 2. The molecule has 2 rings (SSSR count). The van der Waals surface area contributed by atoms with E-state index in [1.54, 1.807) is 17.8 Å². The Hall–Kier alpha value is -1.86. The Balaban J connectivity index is 2.42. The maximum atomic E-state index is 10.9. The third-order valence-electron chi connectivity index (χ3n) is 2.34. The molecule has 1 aromatic heterocycles. The van der Waals surface area contributed by atoms with E-state index in [1.165, 1.54) is 24.3 Å². The van der Waals surface area contributed by atoms with Crippen molar-refractivity contribution in [3.63, 3.8) is 0 Å². The van der Waals surface area contributed by atoms with Gasteiger partial charge in [-0.1, -0.05) is 0 Å². The van der Waals surface area contributed by atoms with E-state index in [-0.39, 0.29) is 4.90 Å². The first-order valence-corrected chi connectivity index (χ1v) is 6.21. The van der Waals surface area contributed by atoms with Gasteiger partial charge in [-0.25, -0.2) is 4.68 Å². The maximum absolute atomic E-state index is 10.9. The number of anilines is 1. The quantitative estimate of drug-likeness (QED) is 0.778. The minimum atomic E-state index is -4.16. The highest BCUT2D eigenvalue weighted by molar-refractivity contribution is 7.85. The lowest BCUT2D eigenvalue weighted by atomic mass is 10.3. The first-order chi connectivity index (χ1) is 7.88. The molecule has 0 aliphatic rings. The van der Waals surface area contributed by atoms with Gasteiger partial charge in [0.15, 0.2) is 0 Å². The molecule has 2 aromatic rings. The lowest BCUT2D eigenvalue weighted by Crippen LogP contribution is -1.99. The van der Waals surface area contributed by atoms with Crippen molar-refractivity contribution in [2.24, 2.45) is 0 Å². The van der Waals surface area contributed by atoms with E-state index in [0.717, 1.165) is 0 Å². The summed E-state index contributed by atoms with van der Waals surface area (Å²) in [5.74, 6) is 0. The molecule has 6 nitrogen and oxygen atoms in total. The highest BCUT2D eigenvalue weighted by atomic mass is 32.2. The van der Waals surface area contributed by atoms with E-state index in [2.05, 4.69) is 5.10 Å². The molecule has 0 saturated heterocycles. The molecule has 0 amide bonds. The van der Waals surface area contributed by atoms with Gasteiger partial charge in [0.2, 0.25) is 0 Å². The number of aryl methyl sites for hydroxylation is 1. The van der Waals surface area contributed by atoms with Gasteiger partial charge in [0.05, 0.1) is 28.2 Å². The topological polar surface area (TPSA) is 98.2 Å². The van der Waals surface area contributed by atoms with Crippen molar-refractivity contribution in [2.45, 2.75) is 11.8 Å². The van der Waals surface area contributed by atoms with Crippen LogP contribution in [0.15, 0.2) is 35.4 Å². The number of nitrogen functional groups attached to an aromatic ring is 1. The van der Waals surface area contributed by atoms with Crippen molar-refractivity contribution < 1.29 is 13.0 Å². The second-order valence-electron chi connectivity index (χ2n) is 3.58. The second kappa shape index (κ2) is 3.86. The van der Waals surface area contributed by atoms with Crippen LogP contribution in [0.2, 0.25) is 0 Å². The first-order valence-electron chi connectivity index (χ1n) is 4.77. The van der Waals surface area contributed by atoms with Crippen LogP contribution >= 0.6 is 0 Å². The molecule has 1 heterocycles. The normalized spacial score (nSPS) is 11.6. The Labute approximate surface area is 98.4 Å². The van der Waals surface area contributed by atoms with Gasteiger partial charge >= 0.3 is 0 Å². The Kier molecular flexibility index (Phi) is 2.64. The third-order valence-corrected chi connectivity index (χ3v) is 3.20. The number of nitrogens with two attached hydrogens (primary N) is 1. The molecule has 0 radical (unpaired) electrons. The van der Waals surface area contributed by atoms with E-state index >= 15 is 0 Å². The summed E-state index contributed by atoms with van der Waals surface area (Å²) in [6, 6.07) is 5.68. The molecule has 90 valence electrons. The van der Waals surface area contributed by atoms with E-state index in [1.807, 2.05) is 0 Å². The predicted molar refractivity (Wildman–Crippen MR) is 62.5 cm³/mol. The van der Waals surface area contributed by atoms with Crippen LogP contribution in [0.4, 0.5) is 5.69 Å². The van der Waals surface area contributed by atoms with E-state index in [9.17, 15) is 8.42 Å². The van der Waals surface area contributed by atoms with Gasteiger partial charge in [0.25, 0.3) is 10.1 Å². The summed E-state index contributed by atoms with van der Waals surface area (Å²) in [6.07, 6.45) is 1.64. The number of hydrogen-bond acceptors (Lipinski definition) is 4. The smallest absolute Gasteiger partial charge is 0.294 e. The zero-order chi connectivity index (χ0) is 12.6. The van der Waals surface area contributed by atoms with Crippen LogP contribution in [0.25, 0.3) is 5.69 Å². The van der Waals surface area contributed by atoms with Crippen molar-refractivity contribution in [1.29, 1.82) is 0 Å². The number of benzene rings is 1. The van der Waals surface area contributed by atoms with E-state index in [0.29, 0.717) is 17.1 Å². The molecule has 0 fully saturated rings. The Morgan fingerprint density at radius 2 is 1.88 bits per heavy atom. The average Bonchev–Trinajstić information content (AvgIpc) is 2.58. The molecule has 3 N–H and O–H groups in total. The number of nitrogens with zero attached hydrogens (tertiary/aromatic N) is 2. The molecule has 0 unspecified atom stereocenters. The monoisotopic (exact) mass is 253 g/mol. The van der Waals surface area contributed by atoms with E-state index in [4.69, 9.17) is 10.3 Å². The molecule has 0 aliphatic heterocycles. The fourth-order valence-electron chi connectivity index (χ4n) is 1.38. The van der Waals surface area contributed by atoms with Crippen LogP contribution in [0.1, 0.15) is 5.69 Å². The minimum Gasteiger partial charge on any atom is -0.396 e. The molecule has 0 saturated carbocycles. The van der Waals surface area contributed by atoms with Gasteiger partial charge in [0, 0.05) is 0 Å². The summed E-state index contributed by atoms with van der Waals surface area (Å²) >= 11 is 0. The molecule has 1 aromatic carbocycles. The fraction of sp³-hybridized carbons (Fsp3) is 0.100. The van der Waals surface area contributed by atoms with Crippen molar-refractivity contribution in [2.75, 3.05) is 5.73 Å². The summed E-state index contributed by atoms with van der Waals surface area (Å²) in [6.45, 7) is 1.78. The summed E-state index contributed by atoms with van der Waals surface area (Å²) < 4.78 is 32.1. The van der Waals surface area contributed by atoms with Crippen LogP contribution in [0.3, 0.4) is 0 Å². The summed E-state index contributed by atoms with van der Waals surface area (Å²) in [4.78, 5) is -0.155. The van der Waals surface area contributed by atoms with Crippen molar-refractivity contribution in [3.8, 4) is 5.69 Å². The number of hydrogen-bond donors (Lipinski definition) is 2. The van der Waals surface area contributed by atoms with Gasteiger partial charge in [-0.2, -0.15) is 13.5 Å². The second-order valence-corrected chi connectivity index (χ2v) is 5.00. The lowest BCUT2D eigenvalue weighted by molar-refractivity contribution is 0.483. The fourth-order valence-corrected chi connectivity index (χ4v) is 1.86. The Morgan fingerprint density at radius 3 is 2.29 bits per heavy atom. The van der Waals surface area contributed by atoms with Crippen LogP contribution in [0, 0.1) is 6.92 Å². The summed E-state index contributed by atoms with van der Waals surface area (Å²) in [5, 5.41) is 4.15.